The summed E-state index contributed by atoms with van der Waals surface area (Å²) >= 11 is 0. The van der Waals surface area contributed by atoms with Crippen LogP contribution in [0.5, 0.6) is 5.88 Å². The lowest BCUT2D eigenvalue weighted by Crippen LogP contribution is -2.24. The molecule has 1 fully saturated rings. The van der Waals surface area contributed by atoms with Crippen LogP contribution >= 0.6 is 0 Å². The number of hydrogen-bond donors (Lipinski definition) is 0. The SMILES string of the molecule is CCOc1cc(N2CCC(OCC(C)C)C2)ncn1. The second-order valence-electron chi connectivity index (χ2n) is 5.23. The summed E-state index contributed by atoms with van der Waals surface area (Å²) in [6, 6.07) is 1.90. The van der Waals surface area contributed by atoms with E-state index in [1.165, 1.54) is 0 Å². The Kier molecular flexibility index (Phi) is 4.96. The molecule has 19 heavy (non-hydrogen) atoms. The van der Waals surface area contributed by atoms with Gasteiger partial charge >= 0.3 is 0 Å². The molecule has 0 spiro atoms. The van der Waals surface area contributed by atoms with Crippen LogP contribution in [-0.4, -0.2) is 42.4 Å². The van der Waals surface area contributed by atoms with E-state index in [0.717, 1.165) is 31.9 Å². The minimum absolute atomic E-state index is 0.313. The number of aromatic nitrogens is 2. The number of ether oxygens (including phenoxy) is 2. The lowest BCUT2D eigenvalue weighted by molar-refractivity contribution is 0.0497. The highest BCUT2D eigenvalue weighted by Crippen LogP contribution is 2.22. The zero-order valence-electron chi connectivity index (χ0n) is 12.0. The van der Waals surface area contributed by atoms with Crippen molar-refractivity contribution >= 4 is 5.82 Å². The highest BCUT2D eigenvalue weighted by atomic mass is 16.5. The van der Waals surface area contributed by atoms with Gasteiger partial charge in [0, 0.05) is 25.8 Å². The van der Waals surface area contributed by atoms with Crippen LogP contribution in [0.15, 0.2) is 12.4 Å². The summed E-state index contributed by atoms with van der Waals surface area (Å²) < 4.78 is 11.3. The summed E-state index contributed by atoms with van der Waals surface area (Å²) in [5.74, 6) is 2.14. The monoisotopic (exact) mass is 265 g/mol. The predicted molar refractivity (Wildman–Crippen MR) is 74.6 cm³/mol. The normalized spacial score (nSPS) is 19.2. The maximum Gasteiger partial charge on any atom is 0.218 e. The summed E-state index contributed by atoms with van der Waals surface area (Å²) in [7, 11) is 0. The molecule has 1 aromatic heterocycles. The Hall–Kier alpha value is -1.36. The fraction of sp³-hybridized carbons (Fsp3) is 0.714. The first-order valence-corrected chi connectivity index (χ1v) is 7.00. The van der Waals surface area contributed by atoms with Gasteiger partial charge in [-0.3, -0.25) is 0 Å². The molecule has 1 aromatic rings. The molecule has 5 nitrogen and oxygen atoms in total. The van der Waals surface area contributed by atoms with Crippen molar-refractivity contribution < 1.29 is 9.47 Å². The van der Waals surface area contributed by atoms with E-state index in [4.69, 9.17) is 9.47 Å². The molecule has 106 valence electrons. The van der Waals surface area contributed by atoms with Gasteiger partial charge in [-0.15, -0.1) is 0 Å². The molecule has 0 saturated carbocycles. The summed E-state index contributed by atoms with van der Waals surface area (Å²) in [5.41, 5.74) is 0. The molecule has 0 aliphatic carbocycles. The lowest BCUT2D eigenvalue weighted by Gasteiger charge is -2.18. The van der Waals surface area contributed by atoms with Crippen molar-refractivity contribution in [3.05, 3.63) is 12.4 Å². The van der Waals surface area contributed by atoms with E-state index in [0.29, 0.717) is 24.5 Å². The summed E-state index contributed by atoms with van der Waals surface area (Å²) in [4.78, 5) is 10.6. The quantitative estimate of drug-likeness (QED) is 0.788. The van der Waals surface area contributed by atoms with E-state index < -0.39 is 0 Å². The first kappa shape index (κ1) is 14.1. The van der Waals surface area contributed by atoms with E-state index in [9.17, 15) is 0 Å². The number of nitrogens with zero attached hydrogens (tertiary/aromatic N) is 3. The second kappa shape index (κ2) is 6.70. The molecule has 5 heteroatoms. The van der Waals surface area contributed by atoms with Gasteiger partial charge in [0.2, 0.25) is 5.88 Å². The maximum atomic E-state index is 5.88. The van der Waals surface area contributed by atoms with Crippen molar-refractivity contribution in [2.24, 2.45) is 5.92 Å². The van der Waals surface area contributed by atoms with Crippen molar-refractivity contribution in [1.82, 2.24) is 9.97 Å². The Labute approximate surface area is 115 Å². The average molecular weight is 265 g/mol. The van der Waals surface area contributed by atoms with Crippen molar-refractivity contribution in [3.8, 4) is 5.88 Å². The van der Waals surface area contributed by atoms with E-state index in [2.05, 4.69) is 28.7 Å². The number of hydrogen-bond acceptors (Lipinski definition) is 5. The fourth-order valence-corrected chi connectivity index (χ4v) is 2.13. The van der Waals surface area contributed by atoms with Crippen LogP contribution in [0.2, 0.25) is 0 Å². The predicted octanol–water partition coefficient (Wildman–Crippen LogP) is 2.13. The molecule has 1 saturated heterocycles. The molecule has 0 bridgehead atoms. The standard InChI is InChI=1S/C14H23N3O2/c1-4-18-14-7-13(15-10-16-14)17-6-5-12(8-17)19-9-11(2)3/h7,10-12H,4-6,8-9H2,1-3H3. The Morgan fingerprint density at radius 2 is 2.26 bits per heavy atom. The van der Waals surface area contributed by atoms with Gasteiger partial charge in [-0.1, -0.05) is 13.8 Å². The van der Waals surface area contributed by atoms with Crippen molar-refractivity contribution in [1.29, 1.82) is 0 Å². The molecule has 1 unspecified atom stereocenters. The lowest BCUT2D eigenvalue weighted by atomic mass is 10.2. The Bertz CT molecular complexity index is 398. The minimum Gasteiger partial charge on any atom is -0.478 e. The molecule has 0 amide bonds. The van der Waals surface area contributed by atoms with Gasteiger partial charge in [0.1, 0.15) is 12.1 Å². The third kappa shape index (κ3) is 4.06. The van der Waals surface area contributed by atoms with Gasteiger partial charge in [-0.25, -0.2) is 9.97 Å². The Balaban J connectivity index is 1.91. The third-order valence-corrected chi connectivity index (χ3v) is 3.05. The topological polar surface area (TPSA) is 47.5 Å². The number of anilines is 1. The van der Waals surface area contributed by atoms with E-state index in [1.807, 2.05) is 13.0 Å². The smallest absolute Gasteiger partial charge is 0.218 e. The third-order valence-electron chi connectivity index (χ3n) is 3.05. The molecular formula is C14H23N3O2. The van der Waals surface area contributed by atoms with E-state index in [-0.39, 0.29) is 0 Å². The summed E-state index contributed by atoms with van der Waals surface area (Å²) in [6.45, 7) is 9.62. The largest absolute Gasteiger partial charge is 0.478 e. The van der Waals surface area contributed by atoms with E-state index >= 15 is 0 Å². The number of rotatable bonds is 6. The van der Waals surface area contributed by atoms with Crippen LogP contribution in [0.1, 0.15) is 27.2 Å². The highest BCUT2D eigenvalue weighted by Gasteiger charge is 2.24. The Morgan fingerprint density at radius 3 is 3.00 bits per heavy atom. The van der Waals surface area contributed by atoms with Crippen LogP contribution in [0.25, 0.3) is 0 Å². The molecule has 0 N–H and O–H groups in total. The van der Waals surface area contributed by atoms with Crippen molar-refractivity contribution in [3.63, 3.8) is 0 Å². The first-order chi connectivity index (χ1) is 9.19. The molecule has 2 heterocycles. The van der Waals surface area contributed by atoms with Gasteiger partial charge in [-0.2, -0.15) is 0 Å². The van der Waals surface area contributed by atoms with Gasteiger partial charge in [0.15, 0.2) is 0 Å². The molecule has 0 radical (unpaired) electrons. The minimum atomic E-state index is 0.313. The van der Waals surface area contributed by atoms with Crippen LogP contribution < -0.4 is 9.64 Å². The Morgan fingerprint density at radius 1 is 1.42 bits per heavy atom. The first-order valence-electron chi connectivity index (χ1n) is 7.00. The van der Waals surface area contributed by atoms with Crippen molar-refractivity contribution in [2.75, 3.05) is 31.2 Å². The van der Waals surface area contributed by atoms with Gasteiger partial charge in [-0.05, 0) is 19.3 Å². The maximum absolute atomic E-state index is 5.88. The molecular weight excluding hydrogens is 242 g/mol. The fourth-order valence-electron chi connectivity index (χ4n) is 2.13. The zero-order chi connectivity index (χ0) is 13.7. The highest BCUT2D eigenvalue weighted by molar-refractivity contribution is 5.42. The van der Waals surface area contributed by atoms with Crippen molar-refractivity contribution in [2.45, 2.75) is 33.3 Å². The zero-order valence-corrected chi connectivity index (χ0v) is 12.0. The van der Waals surface area contributed by atoms with Gasteiger partial charge in [0.05, 0.1) is 12.7 Å². The molecule has 1 aliphatic heterocycles. The van der Waals surface area contributed by atoms with Crippen LogP contribution in [0.3, 0.4) is 0 Å². The summed E-state index contributed by atoms with van der Waals surface area (Å²) in [6.07, 6.45) is 2.93. The van der Waals surface area contributed by atoms with Crippen LogP contribution in [-0.2, 0) is 4.74 Å². The van der Waals surface area contributed by atoms with Crippen LogP contribution in [0.4, 0.5) is 5.82 Å². The van der Waals surface area contributed by atoms with Gasteiger partial charge in [0.25, 0.3) is 0 Å². The molecule has 0 aromatic carbocycles. The molecule has 1 atom stereocenters. The average Bonchev–Trinajstić information content (AvgIpc) is 2.86. The summed E-state index contributed by atoms with van der Waals surface area (Å²) in [5, 5.41) is 0. The second-order valence-corrected chi connectivity index (χ2v) is 5.23. The van der Waals surface area contributed by atoms with Crippen LogP contribution in [0, 0.1) is 5.92 Å². The van der Waals surface area contributed by atoms with E-state index in [1.54, 1.807) is 6.33 Å². The molecule has 1 aliphatic rings. The molecule has 2 rings (SSSR count). The van der Waals surface area contributed by atoms with Gasteiger partial charge < -0.3 is 14.4 Å².